The minimum atomic E-state index is -0.403. The molecule has 0 atom stereocenters. The van der Waals surface area contributed by atoms with Crippen LogP contribution in [0.1, 0.15) is 28.7 Å². The van der Waals surface area contributed by atoms with Crippen molar-refractivity contribution in [2.24, 2.45) is 0 Å². The van der Waals surface area contributed by atoms with Gasteiger partial charge >= 0.3 is 5.97 Å². The number of ether oxygens (including phenoxy) is 2. The quantitative estimate of drug-likeness (QED) is 0.683. The van der Waals surface area contributed by atoms with Crippen LogP contribution < -0.4 is 4.90 Å². The van der Waals surface area contributed by atoms with Crippen molar-refractivity contribution >= 4 is 22.4 Å². The van der Waals surface area contributed by atoms with E-state index in [0.717, 1.165) is 10.0 Å². The predicted molar refractivity (Wildman–Crippen MR) is 77.1 cm³/mol. The largest absolute Gasteiger partial charge is 0.461 e. The van der Waals surface area contributed by atoms with Crippen molar-refractivity contribution < 1.29 is 14.3 Å². The molecule has 0 saturated carbocycles. The van der Waals surface area contributed by atoms with E-state index in [-0.39, 0.29) is 0 Å². The molecule has 110 valence electrons. The molecule has 1 aromatic heterocycles. The zero-order chi connectivity index (χ0) is 15.0. The van der Waals surface area contributed by atoms with E-state index in [1.165, 1.54) is 11.3 Å². The third kappa shape index (κ3) is 4.47. The van der Waals surface area contributed by atoms with Crippen LogP contribution in [0.25, 0.3) is 0 Å². The molecule has 0 aromatic carbocycles. The van der Waals surface area contributed by atoms with Crippen LogP contribution in [0.5, 0.6) is 0 Å². The molecule has 0 aliphatic carbocycles. The van der Waals surface area contributed by atoms with E-state index in [2.05, 4.69) is 11.1 Å². The summed E-state index contributed by atoms with van der Waals surface area (Å²) in [4.78, 5) is 18.9. The minimum absolute atomic E-state index is 0.326. The van der Waals surface area contributed by atoms with Crippen molar-refractivity contribution in [2.45, 2.75) is 20.3 Å². The van der Waals surface area contributed by atoms with Crippen LogP contribution >= 0.6 is 11.3 Å². The normalized spacial score (nSPS) is 10.1. The van der Waals surface area contributed by atoms with Gasteiger partial charge < -0.3 is 14.4 Å². The molecule has 0 saturated heterocycles. The predicted octanol–water partition coefficient (Wildman–Crippen LogP) is 1.99. The summed E-state index contributed by atoms with van der Waals surface area (Å²) in [5.74, 6) is -0.403. The van der Waals surface area contributed by atoms with Gasteiger partial charge in [0.15, 0.2) is 10.8 Å². The van der Waals surface area contributed by atoms with Crippen molar-refractivity contribution in [1.29, 1.82) is 5.26 Å². The van der Waals surface area contributed by atoms with E-state index in [1.54, 1.807) is 14.0 Å². The van der Waals surface area contributed by atoms with Gasteiger partial charge in [-0.25, -0.2) is 9.78 Å². The second-order valence-corrected chi connectivity index (χ2v) is 5.19. The van der Waals surface area contributed by atoms with Gasteiger partial charge in [0.1, 0.15) is 0 Å². The van der Waals surface area contributed by atoms with Crippen LogP contribution in [0.3, 0.4) is 0 Å². The van der Waals surface area contributed by atoms with E-state index in [0.29, 0.717) is 38.4 Å². The average Bonchev–Trinajstić information content (AvgIpc) is 2.81. The molecule has 6 nitrogen and oxygen atoms in total. The third-order valence-corrected chi connectivity index (χ3v) is 3.62. The standard InChI is InChI=1S/C13H19N3O3S/c1-4-19-12(17)11-10(2)20-13(15-11)16(7-5-6-14)8-9-18-3/h4-5,7-9H2,1-3H3. The van der Waals surface area contributed by atoms with Gasteiger partial charge in [0.2, 0.25) is 0 Å². The second kappa shape index (κ2) is 8.51. The van der Waals surface area contributed by atoms with E-state index in [9.17, 15) is 4.79 Å². The first-order valence-corrected chi connectivity index (χ1v) is 7.21. The van der Waals surface area contributed by atoms with Gasteiger partial charge in [-0.1, -0.05) is 0 Å². The molecule has 1 rings (SSSR count). The Hall–Kier alpha value is -1.65. The van der Waals surface area contributed by atoms with Gasteiger partial charge in [-0.15, -0.1) is 11.3 Å². The van der Waals surface area contributed by atoms with Gasteiger partial charge in [0, 0.05) is 25.1 Å². The highest BCUT2D eigenvalue weighted by Gasteiger charge is 2.19. The number of hydrogen-bond acceptors (Lipinski definition) is 7. The molecule has 0 unspecified atom stereocenters. The number of carbonyl (C=O) groups excluding carboxylic acids is 1. The van der Waals surface area contributed by atoms with Gasteiger partial charge in [-0.2, -0.15) is 5.26 Å². The van der Waals surface area contributed by atoms with Crippen LogP contribution in [-0.2, 0) is 9.47 Å². The molecule has 0 radical (unpaired) electrons. The molecule has 0 fully saturated rings. The lowest BCUT2D eigenvalue weighted by molar-refractivity contribution is 0.0519. The number of esters is 1. The van der Waals surface area contributed by atoms with Crippen LogP contribution in [0.15, 0.2) is 0 Å². The Labute approximate surface area is 122 Å². The maximum absolute atomic E-state index is 11.8. The third-order valence-electron chi connectivity index (χ3n) is 2.58. The Morgan fingerprint density at radius 1 is 1.50 bits per heavy atom. The lowest BCUT2D eigenvalue weighted by Gasteiger charge is -2.19. The highest BCUT2D eigenvalue weighted by molar-refractivity contribution is 7.15. The average molecular weight is 297 g/mol. The number of anilines is 1. The van der Waals surface area contributed by atoms with Crippen molar-refractivity contribution in [3.8, 4) is 6.07 Å². The molecule has 0 amide bonds. The summed E-state index contributed by atoms with van der Waals surface area (Å²) in [6.45, 7) is 5.67. The summed E-state index contributed by atoms with van der Waals surface area (Å²) in [5.41, 5.74) is 0.353. The fraction of sp³-hybridized carbons (Fsp3) is 0.615. The molecule has 20 heavy (non-hydrogen) atoms. The van der Waals surface area contributed by atoms with Crippen LogP contribution in [-0.4, -0.2) is 44.4 Å². The number of nitriles is 1. The topological polar surface area (TPSA) is 75.5 Å². The lowest BCUT2D eigenvalue weighted by atomic mass is 10.4. The number of thiazole rings is 1. The van der Waals surface area contributed by atoms with E-state index in [1.807, 2.05) is 11.8 Å². The Morgan fingerprint density at radius 2 is 2.25 bits per heavy atom. The summed E-state index contributed by atoms with van der Waals surface area (Å²) in [6, 6.07) is 2.11. The van der Waals surface area contributed by atoms with Gasteiger partial charge in [0.05, 0.1) is 25.7 Å². The monoisotopic (exact) mass is 297 g/mol. The minimum Gasteiger partial charge on any atom is -0.461 e. The molecule has 0 aliphatic heterocycles. The molecule has 1 aromatic rings. The maximum Gasteiger partial charge on any atom is 0.358 e. The number of aryl methyl sites for hydroxylation is 1. The van der Waals surface area contributed by atoms with Gasteiger partial charge in [-0.3, -0.25) is 0 Å². The Bertz CT molecular complexity index is 482. The summed E-state index contributed by atoms with van der Waals surface area (Å²) in [6.07, 6.45) is 0.400. The lowest BCUT2D eigenvalue weighted by Crippen LogP contribution is -2.28. The number of nitrogens with zero attached hydrogens (tertiary/aromatic N) is 3. The SMILES string of the molecule is CCOC(=O)c1nc(N(CCC#N)CCOC)sc1C. The fourth-order valence-corrected chi connectivity index (χ4v) is 2.54. The van der Waals surface area contributed by atoms with E-state index >= 15 is 0 Å². The molecule has 7 heteroatoms. The number of rotatable bonds is 8. The molecule has 0 spiro atoms. The van der Waals surface area contributed by atoms with Crippen molar-refractivity contribution in [3.05, 3.63) is 10.6 Å². The molecule has 0 bridgehead atoms. The number of carbonyl (C=O) groups is 1. The molecular weight excluding hydrogens is 278 g/mol. The summed E-state index contributed by atoms with van der Waals surface area (Å²) >= 11 is 1.43. The first-order chi connectivity index (χ1) is 9.63. The number of aromatic nitrogens is 1. The molecular formula is C13H19N3O3S. The maximum atomic E-state index is 11.8. The van der Waals surface area contributed by atoms with Crippen LogP contribution in [0.2, 0.25) is 0 Å². The van der Waals surface area contributed by atoms with Gasteiger partial charge in [0.25, 0.3) is 0 Å². The van der Waals surface area contributed by atoms with Gasteiger partial charge in [-0.05, 0) is 13.8 Å². The van der Waals surface area contributed by atoms with Crippen molar-refractivity contribution in [3.63, 3.8) is 0 Å². The molecule has 0 N–H and O–H groups in total. The molecule has 0 aliphatic rings. The smallest absolute Gasteiger partial charge is 0.358 e. The van der Waals surface area contributed by atoms with Crippen LogP contribution in [0.4, 0.5) is 5.13 Å². The summed E-state index contributed by atoms with van der Waals surface area (Å²) in [5, 5.41) is 9.43. The Morgan fingerprint density at radius 3 is 2.85 bits per heavy atom. The summed E-state index contributed by atoms with van der Waals surface area (Å²) in [7, 11) is 1.62. The highest BCUT2D eigenvalue weighted by Crippen LogP contribution is 2.26. The fourth-order valence-electron chi connectivity index (χ4n) is 1.60. The van der Waals surface area contributed by atoms with Crippen molar-refractivity contribution in [2.75, 3.05) is 38.3 Å². The number of hydrogen-bond donors (Lipinski definition) is 0. The molecule has 1 heterocycles. The first kappa shape index (κ1) is 16.4. The zero-order valence-electron chi connectivity index (χ0n) is 12.0. The van der Waals surface area contributed by atoms with Crippen molar-refractivity contribution in [1.82, 2.24) is 4.98 Å². The highest BCUT2D eigenvalue weighted by atomic mass is 32.1. The van der Waals surface area contributed by atoms with E-state index < -0.39 is 5.97 Å². The Balaban J connectivity index is 2.88. The Kier molecular flexibility index (Phi) is 6.98. The van der Waals surface area contributed by atoms with E-state index in [4.69, 9.17) is 14.7 Å². The summed E-state index contributed by atoms with van der Waals surface area (Å²) < 4.78 is 10.0. The number of methoxy groups -OCH3 is 1. The zero-order valence-corrected chi connectivity index (χ0v) is 12.8. The first-order valence-electron chi connectivity index (χ1n) is 6.39. The second-order valence-electron chi connectivity index (χ2n) is 4.01. The van der Waals surface area contributed by atoms with Crippen LogP contribution in [0, 0.1) is 18.3 Å².